The van der Waals surface area contributed by atoms with Crippen LogP contribution in [0.3, 0.4) is 0 Å². The third-order valence-corrected chi connectivity index (χ3v) is 2.84. The van der Waals surface area contributed by atoms with Crippen molar-refractivity contribution in [3.63, 3.8) is 0 Å². The molecule has 0 fully saturated rings. The fraction of sp³-hybridized carbons (Fsp3) is 0.273. The van der Waals surface area contributed by atoms with Gasteiger partial charge >= 0.3 is 5.76 Å². The first kappa shape index (κ1) is 11.4. The highest BCUT2D eigenvalue weighted by atomic mass is 16.4. The number of fused-ring (bicyclic) bond motifs is 1. The molecule has 0 atom stereocenters. The molecule has 0 radical (unpaired) electrons. The van der Waals surface area contributed by atoms with Gasteiger partial charge in [0.2, 0.25) is 5.91 Å². The van der Waals surface area contributed by atoms with Crippen LogP contribution < -0.4 is 17.0 Å². The molecule has 0 aliphatic heterocycles. The second-order valence-electron chi connectivity index (χ2n) is 4.32. The second-order valence-corrected chi connectivity index (χ2v) is 4.32. The van der Waals surface area contributed by atoms with E-state index in [4.69, 9.17) is 10.3 Å². The molecule has 6 nitrogen and oxygen atoms in total. The van der Waals surface area contributed by atoms with Gasteiger partial charge in [-0.1, -0.05) is 6.07 Å². The number of hydrogen-bond acceptors (Lipinski definition) is 4. The lowest BCUT2D eigenvalue weighted by molar-refractivity contribution is -0.125. The number of nitrogens with two attached hydrogens (primary N) is 1. The summed E-state index contributed by atoms with van der Waals surface area (Å²) in [5, 5.41) is 0. The smallest absolute Gasteiger partial charge is 0.408 e. The van der Waals surface area contributed by atoms with Gasteiger partial charge in [-0.05, 0) is 31.5 Å². The third kappa shape index (κ3) is 1.83. The number of amides is 1. The molecular formula is C11H13N3O3. The molecule has 0 spiro atoms. The van der Waals surface area contributed by atoms with E-state index in [1.165, 1.54) is 0 Å². The number of aromatic nitrogens is 1. The minimum absolute atomic E-state index is 0.310. The van der Waals surface area contributed by atoms with E-state index in [9.17, 15) is 9.59 Å². The zero-order valence-corrected chi connectivity index (χ0v) is 9.53. The summed E-state index contributed by atoms with van der Waals surface area (Å²) < 4.78 is 4.94. The van der Waals surface area contributed by atoms with Gasteiger partial charge in [0.25, 0.3) is 0 Å². The summed E-state index contributed by atoms with van der Waals surface area (Å²) in [5.74, 6) is 4.31. The lowest BCUT2D eigenvalue weighted by atomic mass is 9.84. The minimum atomic E-state index is -0.793. The fourth-order valence-electron chi connectivity index (χ4n) is 1.65. The van der Waals surface area contributed by atoms with Crippen molar-refractivity contribution < 1.29 is 9.21 Å². The maximum absolute atomic E-state index is 11.6. The number of carbonyl (C=O) groups excluding carboxylic acids is 1. The maximum atomic E-state index is 11.6. The number of oxazole rings is 1. The Bertz CT molecular complexity index is 624. The second kappa shape index (κ2) is 3.74. The molecule has 1 amide bonds. The van der Waals surface area contributed by atoms with Crippen LogP contribution in [0, 0.1) is 0 Å². The van der Waals surface area contributed by atoms with Crippen LogP contribution in [0.25, 0.3) is 11.1 Å². The van der Waals surface area contributed by atoms with Gasteiger partial charge in [0.05, 0.1) is 10.9 Å². The van der Waals surface area contributed by atoms with Crippen LogP contribution in [-0.2, 0) is 10.2 Å². The number of nitrogens with one attached hydrogen (secondary N) is 2. The Kier molecular flexibility index (Phi) is 2.51. The Morgan fingerprint density at radius 2 is 2.18 bits per heavy atom. The molecule has 1 aromatic heterocycles. The third-order valence-electron chi connectivity index (χ3n) is 2.84. The highest BCUT2D eigenvalue weighted by Crippen LogP contribution is 2.25. The number of H-pyrrole nitrogens is 1. The van der Waals surface area contributed by atoms with Gasteiger partial charge in [0, 0.05) is 0 Å². The van der Waals surface area contributed by atoms with Gasteiger partial charge in [-0.3, -0.25) is 15.2 Å². The quantitative estimate of drug-likeness (QED) is 0.398. The molecule has 1 aromatic carbocycles. The van der Waals surface area contributed by atoms with Crippen molar-refractivity contribution in [3.05, 3.63) is 34.3 Å². The number of benzene rings is 1. The number of hydrogen-bond donors (Lipinski definition) is 3. The van der Waals surface area contributed by atoms with E-state index in [0.717, 1.165) is 5.56 Å². The fourth-order valence-corrected chi connectivity index (χ4v) is 1.65. The monoisotopic (exact) mass is 235 g/mol. The van der Waals surface area contributed by atoms with Gasteiger partial charge in [-0.2, -0.15) is 0 Å². The van der Waals surface area contributed by atoms with Crippen LogP contribution in [0.2, 0.25) is 0 Å². The lowest BCUT2D eigenvalue weighted by Crippen LogP contribution is -2.43. The Morgan fingerprint density at radius 1 is 1.47 bits per heavy atom. The summed E-state index contributed by atoms with van der Waals surface area (Å²) in [7, 11) is 0. The van der Waals surface area contributed by atoms with Crippen LogP contribution in [0.4, 0.5) is 0 Å². The topological polar surface area (TPSA) is 101 Å². The average molecular weight is 235 g/mol. The Morgan fingerprint density at radius 3 is 2.82 bits per heavy atom. The van der Waals surface area contributed by atoms with Crippen molar-refractivity contribution in [2.75, 3.05) is 0 Å². The normalized spacial score (nSPS) is 11.7. The highest BCUT2D eigenvalue weighted by Gasteiger charge is 2.29. The van der Waals surface area contributed by atoms with E-state index in [0.29, 0.717) is 11.1 Å². The van der Waals surface area contributed by atoms with Crippen LogP contribution in [0.5, 0.6) is 0 Å². The number of carbonyl (C=O) groups is 1. The summed E-state index contributed by atoms with van der Waals surface area (Å²) >= 11 is 0. The Balaban J connectivity index is 2.56. The maximum Gasteiger partial charge on any atom is 0.417 e. The zero-order chi connectivity index (χ0) is 12.6. The minimum Gasteiger partial charge on any atom is -0.408 e. The predicted molar refractivity (Wildman–Crippen MR) is 62.2 cm³/mol. The molecule has 0 aliphatic carbocycles. The van der Waals surface area contributed by atoms with Gasteiger partial charge in [-0.15, -0.1) is 0 Å². The summed E-state index contributed by atoms with van der Waals surface area (Å²) in [4.78, 5) is 25.2. The van der Waals surface area contributed by atoms with Crippen molar-refractivity contribution >= 4 is 17.0 Å². The van der Waals surface area contributed by atoms with Crippen LogP contribution in [0.1, 0.15) is 19.4 Å². The zero-order valence-electron chi connectivity index (χ0n) is 9.53. The molecule has 17 heavy (non-hydrogen) atoms. The molecule has 4 N–H and O–H groups in total. The van der Waals surface area contributed by atoms with Crippen molar-refractivity contribution in [1.29, 1.82) is 0 Å². The van der Waals surface area contributed by atoms with E-state index in [-0.39, 0.29) is 5.91 Å². The van der Waals surface area contributed by atoms with Crippen molar-refractivity contribution in [2.24, 2.45) is 5.84 Å². The van der Waals surface area contributed by atoms with E-state index >= 15 is 0 Å². The van der Waals surface area contributed by atoms with Crippen molar-refractivity contribution in [2.45, 2.75) is 19.3 Å². The largest absolute Gasteiger partial charge is 0.417 e. The van der Waals surface area contributed by atoms with Crippen molar-refractivity contribution in [1.82, 2.24) is 10.4 Å². The standard InChI is InChI=1S/C11H13N3O3/c1-11(2,9(15)14-12)6-3-4-7-8(5-6)17-10(16)13-7/h3-5H,12H2,1-2H3,(H,13,16)(H,14,15). The molecular weight excluding hydrogens is 222 g/mol. The SMILES string of the molecule is CC(C)(C(=O)NN)c1ccc2[nH]c(=O)oc2c1. The molecule has 2 rings (SSSR count). The first-order valence-corrected chi connectivity index (χ1v) is 5.09. The molecule has 2 aromatic rings. The van der Waals surface area contributed by atoms with Crippen LogP contribution >= 0.6 is 0 Å². The van der Waals surface area contributed by atoms with E-state index < -0.39 is 11.2 Å². The summed E-state index contributed by atoms with van der Waals surface area (Å²) in [5.41, 5.74) is 3.06. The Hall–Kier alpha value is -2.08. The van der Waals surface area contributed by atoms with Gasteiger partial charge in [-0.25, -0.2) is 10.6 Å². The summed E-state index contributed by atoms with van der Waals surface area (Å²) in [6, 6.07) is 5.10. The molecule has 0 aliphatic rings. The number of rotatable bonds is 2. The molecule has 0 unspecified atom stereocenters. The molecule has 1 heterocycles. The van der Waals surface area contributed by atoms with E-state index in [1.54, 1.807) is 32.0 Å². The van der Waals surface area contributed by atoms with Crippen LogP contribution in [-0.4, -0.2) is 10.9 Å². The molecule has 0 saturated heterocycles. The van der Waals surface area contributed by atoms with Gasteiger partial charge < -0.3 is 4.42 Å². The average Bonchev–Trinajstić information content (AvgIpc) is 2.66. The summed E-state index contributed by atoms with van der Waals surface area (Å²) in [6.07, 6.45) is 0. The van der Waals surface area contributed by atoms with E-state index in [2.05, 4.69) is 10.4 Å². The predicted octanol–water partition coefficient (Wildman–Crippen LogP) is 0.389. The lowest BCUT2D eigenvalue weighted by Gasteiger charge is -2.22. The number of aromatic amines is 1. The van der Waals surface area contributed by atoms with Gasteiger partial charge in [0.1, 0.15) is 0 Å². The number of hydrazine groups is 1. The van der Waals surface area contributed by atoms with Crippen LogP contribution in [0.15, 0.2) is 27.4 Å². The summed E-state index contributed by atoms with van der Waals surface area (Å²) in [6.45, 7) is 3.47. The first-order chi connectivity index (χ1) is 7.95. The van der Waals surface area contributed by atoms with E-state index in [1.807, 2.05) is 0 Å². The molecule has 0 bridgehead atoms. The first-order valence-electron chi connectivity index (χ1n) is 5.09. The highest BCUT2D eigenvalue weighted by molar-refractivity contribution is 5.88. The molecule has 6 heteroatoms. The van der Waals surface area contributed by atoms with Gasteiger partial charge in [0.15, 0.2) is 5.58 Å². The molecule has 0 saturated carbocycles. The van der Waals surface area contributed by atoms with Crippen molar-refractivity contribution in [3.8, 4) is 0 Å². The molecule has 90 valence electrons. The Labute approximate surface area is 96.8 Å².